The first-order chi connectivity index (χ1) is 7.00. The predicted molar refractivity (Wildman–Crippen MR) is 57.2 cm³/mol. The molecule has 0 spiro atoms. The molecular formula is C11H13N3O. The van der Waals surface area contributed by atoms with Crippen LogP contribution in [0, 0.1) is 20.8 Å². The molecule has 15 heavy (non-hydrogen) atoms. The fourth-order valence-corrected chi connectivity index (χ4v) is 1.89. The first-order valence-electron chi connectivity index (χ1n) is 4.85. The Morgan fingerprint density at radius 2 is 1.93 bits per heavy atom. The van der Waals surface area contributed by atoms with Crippen molar-refractivity contribution < 1.29 is 4.79 Å². The molecule has 0 atom stereocenters. The van der Waals surface area contributed by atoms with Crippen molar-refractivity contribution >= 4 is 11.6 Å². The van der Waals surface area contributed by atoms with Gasteiger partial charge < -0.3 is 0 Å². The zero-order chi connectivity index (χ0) is 11.2. The highest BCUT2D eigenvalue weighted by Crippen LogP contribution is 2.14. The first kappa shape index (κ1) is 9.83. The summed E-state index contributed by atoms with van der Waals surface area (Å²) in [7, 11) is 0. The van der Waals surface area contributed by atoms with Crippen LogP contribution in [-0.2, 0) is 0 Å². The van der Waals surface area contributed by atoms with Crippen LogP contribution in [-0.4, -0.2) is 20.2 Å². The molecule has 2 aromatic rings. The highest BCUT2D eigenvalue weighted by Gasteiger charge is 2.15. The normalized spacial score (nSPS) is 10.9. The van der Waals surface area contributed by atoms with E-state index in [0.717, 1.165) is 17.1 Å². The number of carbonyl (C=O) groups excluding carboxylic acids is 1. The van der Waals surface area contributed by atoms with E-state index in [4.69, 9.17) is 0 Å². The lowest BCUT2D eigenvalue weighted by Crippen LogP contribution is -2.04. The Morgan fingerprint density at radius 1 is 1.27 bits per heavy atom. The minimum atomic E-state index is 0.0220. The Hall–Kier alpha value is -1.71. The maximum Gasteiger partial charge on any atom is 0.235 e. The molecule has 0 unspecified atom stereocenters. The van der Waals surface area contributed by atoms with Crippen LogP contribution in [0.2, 0.25) is 0 Å². The molecule has 0 fully saturated rings. The van der Waals surface area contributed by atoms with E-state index < -0.39 is 0 Å². The summed E-state index contributed by atoms with van der Waals surface area (Å²) in [6.07, 6.45) is 0. The standard InChI is InChI=1S/C11H13N3O/c1-6-5-7(2)14-10(9(4)15)8(3)13-11(14)12-6/h5H,1-4H3. The molecule has 2 aromatic heterocycles. The third-order valence-corrected chi connectivity index (χ3v) is 2.41. The number of hydrogen-bond acceptors (Lipinski definition) is 3. The summed E-state index contributed by atoms with van der Waals surface area (Å²) in [5, 5.41) is 0. The maximum atomic E-state index is 11.5. The van der Waals surface area contributed by atoms with Crippen molar-refractivity contribution in [2.75, 3.05) is 0 Å². The zero-order valence-electron chi connectivity index (χ0n) is 9.33. The predicted octanol–water partition coefficient (Wildman–Crippen LogP) is 1.86. The van der Waals surface area contributed by atoms with Crippen molar-refractivity contribution in [3.8, 4) is 0 Å². The summed E-state index contributed by atoms with van der Waals surface area (Å²) in [5.41, 5.74) is 3.28. The van der Waals surface area contributed by atoms with Crippen LogP contribution >= 0.6 is 0 Å². The Balaban J connectivity index is 2.93. The molecule has 0 saturated carbocycles. The van der Waals surface area contributed by atoms with Crippen molar-refractivity contribution in [1.29, 1.82) is 0 Å². The van der Waals surface area contributed by atoms with Crippen molar-refractivity contribution in [3.05, 3.63) is 28.8 Å². The maximum absolute atomic E-state index is 11.5. The van der Waals surface area contributed by atoms with Gasteiger partial charge in [0, 0.05) is 18.3 Å². The number of fused-ring (bicyclic) bond motifs is 1. The van der Waals surface area contributed by atoms with E-state index in [9.17, 15) is 4.79 Å². The second-order valence-corrected chi connectivity index (χ2v) is 3.78. The summed E-state index contributed by atoms with van der Waals surface area (Å²) < 4.78 is 1.81. The minimum absolute atomic E-state index is 0.0220. The van der Waals surface area contributed by atoms with E-state index in [1.54, 1.807) is 6.92 Å². The number of hydrogen-bond donors (Lipinski definition) is 0. The molecule has 4 heteroatoms. The fourth-order valence-electron chi connectivity index (χ4n) is 1.89. The Labute approximate surface area is 88.0 Å². The van der Waals surface area contributed by atoms with Gasteiger partial charge in [-0.25, -0.2) is 9.97 Å². The van der Waals surface area contributed by atoms with Gasteiger partial charge in [-0.05, 0) is 26.8 Å². The van der Waals surface area contributed by atoms with Crippen molar-refractivity contribution in [3.63, 3.8) is 0 Å². The number of ketones is 1. The Morgan fingerprint density at radius 3 is 2.53 bits per heavy atom. The molecule has 0 saturated heterocycles. The van der Waals surface area contributed by atoms with E-state index >= 15 is 0 Å². The van der Waals surface area contributed by atoms with Crippen LogP contribution in [0.15, 0.2) is 6.07 Å². The second-order valence-electron chi connectivity index (χ2n) is 3.78. The van der Waals surface area contributed by atoms with Gasteiger partial charge in [0.05, 0.1) is 5.69 Å². The minimum Gasteiger partial charge on any atom is -0.293 e. The second kappa shape index (κ2) is 3.15. The molecule has 2 rings (SSSR count). The Bertz CT molecular complexity index is 554. The topological polar surface area (TPSA) is 47.3 Å². The van der Waals surface area contributed by atoms with Gasteiger partial charge in [-0.1, -0.05) is 0 Å². The average molecular weight is 203 g/mol. The van der Waals surface area contributed by atoms with Crippen LogP contribution in [0.3, 0.4) is 0 Å². The average Bonchev–Trinajstić information content (AvgIpc) is 2.40. The van der Waals surface area contributed by atoms with E-state index in [-0.39, 0.29) is 5.78 Å². The van der Waals surface area contributed by atoms with Crippen LogP contribution in [0.4, 0.5) is 0 Å². The van der Waals surface area contributed by atoms with Crippen molar-refractivity contribution in [2.24, 2.45) is 0 Å². The van der Waals surface area contributed by atoms with Gasteiger partial charge in [-0.2, -0.15) is 0 Å². The van der Waals surface area contributed by atoms with Gasteiger partial charge in [0.15, 0.2) is 5.78 Å². The summed E-state index contributed by atoms with van der Waals surface area (Å²) >= 11 is 0. The lowest BCUT2D eigenvalue weighted by molar-refractivity contribution is 0.101. The number of aryl methyl sites for hydroxylation is 3. The van der Waals surface area contributed by atoms with E-state index in [1.807, 2.05) is 31.2 Å². The number of rotatable bonds is 1. The molecule has 0 radical (unpaired) electrons. The van der Waals surface area contributed by atoms with Crippen molar-refractivity contribution in [1.82, 2.24) is 14.4 Å². The molecule has 0 N–H and O–H groups in total. The van der Waals surface area contributed by atoms with Gasteiger partial charge >= 0.3 is 0 Å². The van der Waals surface area contributed by atoms with Crippen molar-refractivity contribution in [2.45, 2.75) is 27.7 Å². The lowest BCUT2D eigenvalue weighted by atomic mass is 10.2. The molecule has 0 aromatic carbocycles. The Kier molecular flexibility index (Phi) is 2.07. The first-order valence-corrected chi connectivity index (χ1v) is 4.85. The largest absolute Gasteiger partial charge is 0.293 e. The molecule has 0 aliphatic heterocycles. The number of nitrogens with zero attached hydrogens (tertiary/aromatic N) is 3. The number of aromatic nitrogens is 3. The molecule has 2 heterocycles. The van der Waals surface area contributed by atoms with Crippen LogP contribution < -0.4 is 0 Å². The van der Waals surface area contributed by atoms with Gasteiger partial charge in [-0.15, -0.1) is 0 Å². The number of imidazole rings is 1. The monoisotopic (exact) mass is 203 g/mol. The van der Waals surface area contributed by atoms with E-state index in [1.165, 1.54) is 0 Å². The van der Waals surface area contributed by atoms with Crippen LogP contribution in [0.1, 0.15) is 34.5 Å². The van der Waals surface area contributed by atoms with E-state index in [0.29, 0.717) is 11.5 Å². The smallest absolute Gasteiger partial charge is 0.235 e. The fraction of sp³-hybridized carbons (Fsp3) is 0.364. The molecule has 0 aliphatic carbocycles. The molecule has 4 nitrogen and oxygen atoms in total. The van der Waals surface area contributed by atoms with Gasteiger partial charge in [0.1, 0.15) is 5.69 Å². The quantitative estimate of drug-likeness (QED) is 0.664. The summed E-state index contributed by atoms with van der Waals surface area (Å²) in [6, 6.07) is 1.94. The summed E-state index contributed by atoms with van der Waals surface area (Å²) in [5.74, 6) is 0.629. The molecular weight excluding hydrogens is 190 g/mol. The highest BCUT2D eigenvalue weighted by atomic mass is 16.1. The molecule has 0 bridgehead atoms. The molecule has 0 aliphatic rings. The van der Waals surface area contributed by atoms with Gasteiger partial charge in [0.2, 0.25) is 5.78 Å². The van der Waals surface area contributed by atoms with E-state index in [2.05, 4.69) is 9.97 Å². The van der Waals surface area contributed by atoms with Gasteiger partial charge in [0.25, 0.3) is 0 Å². The van der Waals surface area contributed by atoms with Crippen LogP contribution in [0.5, 0.6) is 0 Å². The zero-order valence-corrected chi connectivity index (χ0v) is 9.33. The van der Waals surface area contributed by atoms with Crippen LogP contribution in [0.25, 0.3) is 5.78 Å². The lowest BCUT2D eigenvalue weighted by Gasteiger charge is -2.03. The van der Waals surface area contributed by atoms with Gasteiger partial charge in [-0.3, -0.25) is 9.20 Å². The molecule has 78 valence electrons. The number of carbonyl (C=O) groups is 1. The SMILES string of the molecule is CC(=O)c1c(C)nc2nc(C)cc(C)n12. The third kappa shape index (κ3) is 1.42. The highest BCUT2D eigenvalue weighted by molar-refractivity contribution is 5.94. The molecule has 0 amide bonds. The number of Topliss-reactive ketones (excluding diaryl/α,β-unsaturated/α-hetero) is 1. The summed E-state index contributed by atoms with van der Waals surface area (Å²) in [4.78, 5) is 20.1. The third-order valence-electron chi connectivity index (χ3n) is 2.41. The summed E-state index contributed by atoms with van der Waals surface area (Å²) in [6.45, 7) is 7.26.